The molecular formula is C26H29N7O. The molecule has 5 rings (SSSR count). The van der Waals surface area contributed by atoms with E-state index in [2.05, 4.69) is 50.4 Å². The number of nitrogens with one attached hydrogen (secondary N) is 2. The Morgan fingerprint density at radius 3 is 2.79 bits per heavy atom. The molecule has 0 saturated carbocycles. The van der Waals surface area contributed by atoms with Gasteiger partial charge in [0.25, 0.3) is 5.91 Å². The lowest BCUT2D eigenvalue weighted by molar-refractivity contribution is 0.0950. The highest BCUT2D eigenvalue weighted by Crippen LogP contribution is 2.26. The summed E-state index contributed by atoms with van der Waals surface area (Å²) in [6.45, 7) is 8.49. The van der Waals surface area contributed by atoms with Gasteiger partial charge < -0.3 is 20.9 Å². The summed E-state index contributed by atoms with van der Waals surface area (Å²) in [5.74, 6) is 0.402. The number of amides is 1. The molecule has 4 heterocycles. The SMILES string of the molecule is Cc1cc(N)nc(C)c1CNC(=O)c1cc2n(c1)Cc1ccc(Cn3nccc3C)cc1NC2. The summed E-state index contributed by atoms with van der Waals surface area (Å²) >= 11 is 0. The van der Waals surface area contributed by atoms with Gasteiger partial charge in [0.1, 0.15) is 5.82 Å². The van der Waals surface area contributed by atoms with Crippen LogP contribution in [0.2, 0.25) is 0 Å². The highest BCUT2D eigenvalue weighted by molar-refractivity contribution is 5.94. The van der Waals surface area contributed by atoms with Crippen molar-refractivity contribution in [3.63, 3.8) is 0 Å². The molecular weight excluding hydrogens is 426 g/mol. The van der Waals surface area contributed by atoms with Gasteiger partial charge in [0.05, 0.1) is 18.7 Å². The second-order valence-corrected chi connectivity index (χ2v) is 8.93. The van der Waals surface area contributed by atoms with E-state index >= 15 is 0 Å². The van der Waals surface area contributed by atoms with Crippen LogP contribution in [0.3, 0.4) is 0 Å². The van der Waals surface area contributed by atoms with E-state index in [1.807, 2.05) is 49.1 Å². The van der Waals surface area contributed by atoms with Gasteiger partial charge in [-0.25, -0.2) is 4.98 Å². The zero-order valence-corrected chi connectivity index (χ0v) is 19.7. The maximum absolute atomic E-state index is 12.9. The highest BCUT2D eigenvalue weighted by atomic mass is 16.1. The minimum Gasteiger partial charge on any atom is -0.384 e. The number of carbonyl (C=O) groups is 1. The summed E-state index contributed by atoms with van der Waals surface area (Å²) in [6, 6.07) is 12.3. The van der Waals surface area contributed by atoms with Crippen LogP contribution >= 0.6 is 0 Å². The van der Waals surface area contributed by atoms with Crippen LogP contribution in [0.25, 0.3) is 0 Å². The molecule has 3 aromatic heterocycles. The fourth-order valence-corrected chi connectivity index (χ4v) is 4.53. The summed E-state index contributed by atoms with van der Waals surface area (Å²) in [7, 11) is 0. The maximum atomic E-state index is 12.9. The molecule has 34 heavy (non-hydrogen) atoms. The van der Waals surface area contributed by atoms with Gasteiger partial charge in [-0.15, -0.1) is 0 Å². The summed E-state index contributed by atoms with van der Waals surface area (Å²) in [4.78, 5) is 17.2. The Labute approximate surface area is 198 Å². The number of hydrogen-bond donors (Lipinski definition) is 3. The third-order valence-corrected chi connectivity index (χ3v) is 6.48. The Kier molecular flexibility index (Phi) is 5.57. The Morgan fingerprint density at radius 2 is 2.03 bits per heavy atom. The fourth-order valence-electron chi connectivity index (χ4n) is 4.53. The number of nitrogens with zero attached hydrogens (tertiary/aromatic N) is 4. The predicted molar refractivity (Wildman–Crippen MR) is 133 cm³/mol. The maximum Gasteiger partial charge on any atom is 0.253 e. The van der Waals surface area contributed by atoms with E-state index in [1.165, 1.54) is 11.1 Å². The van der Waals surface area contributed by atoms with Gasteiger partial charge in [-0.2, -0.15) is 5.10 Å². The first-order valence-electron chi connectivity index (χ1n) is 11.4. The molecule has 8 heteroatoms. The molecule has 0 saturated heterocycles. The van der Waals surface area contributed by atoms with E-state index in [4.69, 9.17) is 5.73 Å². The number of nitrogen functional groups attached to an aromatic ring is 1. The number of aryl methyl sites for hydroxylation is 3. The van der Waals surface area contributed by atoms with Gasteiger partial charge in [-0.3, -0.25) is 9.48 Å². The average molecular weight is 456 g/mol. The summed E-state index contributed by atoms with van der Waals surface area (Å²) in [5.41, 5.74) is 15.1. The topological polar surface area (TPSA) is 103 Å². The predicted octanol–water partition coefficient (Wildman–Crippen LogP) is 3.54. The molecule has 8 nitrogen and oxygen atoms in total. The van der Waals surface area contributed by atoms with Crippen LogP contribution in [0.4, 0.5) is 11.5 Å². The Bertz CT molecular complexity index is 1360. The zero-order chi connectivity index (χ0) is 23.8. The first-order valence-corrected chi connectivity index (χ1v) is 11.4. The van der Waals surface area contributed by atoms with E-state index in [0.29, 0.717) is 31.0 Å². The number of benzene rings is 1. The molecule has 1 amide bonds. The van der Waals surface area contributed by atoms with Crippen molar-refractivity contribution in [1.29, 1.82) is 0 Å². The van der Waals surface area contributed by atoms with Crippen molar-refractivity contribution in [2.24, 2.45) is 0 Å². The number of rotatable bonds is 5. The Morgan fingerprint density at radius 1 is 1.18 bits per heavy atom. The number of fused-ring (bicyclic) bond motifs is 2. The Balaban J connectivity index is 1.29. The van der Waals surface area contributed by atoms with Crippen LogP contribution in [-0.2, 0) is 26.2 Å². The van der Waals surface area contributed by atoms with E-state index < -0.39 is 0 Å². The van der Waals surface area contributed by atoms with E-state index in [9.17, 15) is 4.79 Å². The molecule has 4 aromatic rings. The zero-order valence-electron chi connectivity index (χ0n) is 19.7. The van der Waals surface area contributed by atoms with Crippen LogP contribution < -0.4 is 16.4 Å². The van der Waals surface area contributed by atoms with Crippen molar-refractivity contribution in [2.45, 2.75) is 47.0 Å². The second kappa shape index (κ2) is 8.70. The fraction of sp³-hybridized carbons (Fsp3) is 0.269. The molecule has 0 aliphatic carbocycles. The van der Waals surface area contributed by atoms with Crippen molar-refractivity contribution < 1.29 is 4.79 Å². The van der Waals surface area contributed by atoms with Gasteiger partial charge in [0.2, 0.25) is 0 Å². The molecule has 0 bridgehead atoms. The monoisotopic (exact) mass is 455 g/mol. The van der Waals surface area contributed by atoms with Crippen molar-refractivity contribution in [3.05, 3.63) is 93.7 Å². The van der Waals surface area contributed by atoms with Crippen molar-refractivity contribution in [1.82, 2.24) is 24.6 Å². The largest absolute Gasteiger partial charge is 0.384 e. The van der Waals surface area contributed by atoms with Crippen LogP contribution in [0, 0.1) is 20.8 Å². The number of hydrogen-bond acceptors (Lipinski definition) is 5. The standard InChI is InChI=1S/C26H29N7O/c1-16-8-25(27)31-18(3)23(16)12-29-26(34)21-10-22-11-28-24-9-19(13-33-17(2)6-7-30-33)4-5-20(24)14-32(22)15-21/h4-10,15,28H,11-14H2,1-3H3,(H2,27,31)(H,29,34). The molecule has 0 radical (unpaired) electrons. The number of pyridine rings is 1. The van der Waals surface area contributed by atoms with Crippen molar-refractivity contribution in [2.75, 3.05) is 11.1 Å². The lowest BCUT2D eigenvalue weighted by Gasteiger charge is -2.12. The number of carbonyl (C=O) groups excluding carboxylic acids is 1. The van der Waals surface area contributed by atoms with Crippen LogP contribution in [-0.4, -0.2) is 25.2 Å². The van der Waals surface area contributed by atoms with Crippen LogP contribution in [0.5, 0.6) is 0 Å². The van der Waals surface area contributed by atoms with E-state index in [1.54, 1.807) is 0 Å². The first-order chi connectivity index (χ1) is 16.4. The second-order valence-electron chi connectivity index (χ2n) is 8.93. The minimum absolute atomic E-state index is 0.0960. The molecule has 1 aliphatic heterocycles. The summed E-state index contributed by atoms with van der Waals surface area (Å²) < 4.78 is 4.14. The number of nitrogens with two attached hydrogens (primary N) is 1. The van der Waals surface area contributed by atoms with Gasteiger partial charge in [0.15, 0.2) is 0 Å². The third-order valence-electron chi connectivity index (χ3n) is 6.48. The number of anilines is 2. The van der Waals surface area contributed by atoms with Crippen LogP contribution in [0.15, 0.2) is 48.8 Å². The van der Waals surface area contributed by atoms with E-state index in [0.717, 1.165) is 40.4 Å². The molecule has 0 spiro atoms. The van der Waals surface area contributed by atoms with Crippen molar-refractivity contribution in [3.8, 4) is 0 Å². The quantitative estimate of drug-likeness (QED) is 0.427. The molecule has 1 aromatic carbocycles. The Hall–Kier alpha value is -4.07. The smallest absolute Gasteiger partial charge is 0.253 e. The first kappa shape index (κ1) is 21.8. The van der Waals surface area contributed by atoms with Gasteiger partial charge in [0, 0.05) is 48.3 Å². The lowest BCUT2D eigenvalue weighted by atomic mass is 10.1. The van der Waals surface area contributed by atoms with Gasteiger partial charge in [-0.05, 0) is 67.3 Å². The van der Waals surface area contributed by atoms with Gasteiger partial charge >= 0.3 is 0 Å². The average Bonchev–Trinajstić information content (AvgIpc) is 3.34. The molecule has 4 N–H and O–H groups in total. The third kappa shape index (κ3) is 4.26. The van der Waals surface area contributed by atoms with Gasteiger partial charge in [-0.1, -0.05) is 12.1 Å². The van der Waals surface area contributed by atoms with E-state index in [-0.39, 0.29) is 5.91 Å². The molecule has 0 unspecified atom stereocenters. The lowest BCUT2D eigenvalue weighted by Crippen LogP contribution is -2.23. The minimum atomic E-state index is -0.0960. The highest BCUT2D eigenvalue weighted by Gasteiger charge is 2.18. The molecule has 1 aliphatic rings. The van der Waals surface area contributed by atoms with Crippen LogP contribution in [0.1, 0.15) is 49.7 Å². The molecule has 0 atom stereocenters. The summed E-state index contributed by atoms with van der Waals surface area (Å²) in [5, 5.41) is 11.0. The molecule has 174 valence electrons. The number of aromatic nitrogens is 4. The normalized spacial score (nSPS) is 12.4. The van der Waals surface area contributed by atoms with Crippen molar-refractivity contribution >= 4 is 17.4 Å². The molecule has 0 fully saturated rings. The summed E-state index contributed by atoms with van der Waals surface area (Å²) in [6.07, 6.45) is 3.76.